The van der Waals surface area contributed by atoms with Crippen molar-refractivity contribution < 1.29 is 74.7 Å². The molecule has 0 unspecified atom stereocenters. The van der Waals surface area contributed by atoms with E-state index in [-0.39, 0.29) is 6.42 Å². The third kappa shape index (κ3) is 29.7. The van der Waals surface area contributed by atoms with E-state index in [0.29, 0.717) is 92.0 Å². The summed E-state index contributed by atoms with van der Waals surface area (Å²) in [5.74, 6) is 0. The van der Waals surface area contributed by atoms with Crippen molar-refractivity contribution in [2.24, 2.45) is 0 Å². The Hall–Kier alpha value is -6.22. The summed E-state index contributed by atoms with van der Waals surface area (Å²) in [7, 11) is 0. The van der Waals surface area contributed by atoms with Crippen LogP contribution < -0.4 is 56.2 Å². The van der Waals surface area contributed by atoms with Crippen molar-refractivity contribution in [3.05, 3.63) is 188 Å². The highest BCUT2D eigenvalue weighted by Gasteiger charge is 2.49. The number of aromatic nitrogens is 10. The number of hydrogen-bond acceptors (Lipinski definition) is 25. The van der Waals surface area contributed by atoms with Gasteiger partial charge < -0.3 is 74.7 Å². The van der Waals surface area contributed by atoms with E-state index >= 15 is 0 Å². The molecule has 5 aromatic heterocycles. The number of nitrogens with zero attached hydrogens (tertiary/aromatic N) is 5. The van der Waals surface area contributed by atoms with Crippen LogP contribution in [0.5, 0.6) is 0 Å². The number of hydrogen-bond donors (Lipinski definition) is 15. The topological polar surface area (TPSA) is 523 Å². The van der Waals surface area contributed by atoms with Gasteiger partial charge in [0, 0.05) is 58.8 Å². The molecule has 5 aromatic rings. The zero-order chi connectivity index (χ0) is 91.8. The Morgan fingerprint density at radius 3 is 0.713 bits per heavy atom. The third-order valence-corrected chi connectivity index (χ3v) is 28.5. The van der Waals surface area contributed by atoms with Gasteiger partial charge >= 0.3 is 28.4 Å². The normalized spacial score (nSPS) is 27.2. The van der Waals surface area contributed by atoms with Gasteiger partial charge in [0.2, 0.25) is 0 Å². The summed E-state index contributed by atoms with van der Waals surface area (Å²) in [6, 6.07) is 0. The molecule has 688 valence electrons. The molecule has 0 bridgehead atoms. The van der Waals surface area contributed by atoms with E-state index in [1.165, 1.54) is 44.7 Å². The first-order chi connectivity index (χ1) is 56.7. The first-order valence-electron chi connectivity index (χ1n) is 41.1. The van der Waals surface area contributed by atoms with E-state index in [1.54, 1.807) is 12.2 Å². The Morgan fingerprint density at radius 2 is 0.516 bits per heavy atom. The maximum Gasteiger partial charge on any atom is 0.330 e. The average molecular weight is 1820 g/mol. The van der Waals surface area contributed by atoms with Crippen LogP contribution in [0.4, 0.5) is 0 Å². The molecule has 0 saturated carbocycles. The fourth-order valence-corrected chi connectivity index (χ4v) is 18.9. The van der Waals surface area contributed by atoms with Crippen molar-refractivity contribution in [2.75, 3.05) is 97.5 Å². The molecular formula is C82H135N10O25P5. The number of allylic oxidation sites excluding steroid dienone is 2. The quantitative estimate of drug-likeness (QED) is 0.0213. The van der Waals surface area contributed by atoms with Crippen LogP contribution in [0.1, 0.15) is 144 Å². The highest BCUT2D eigenvalue weighted by Crippen LogP contribution is 2.44. The van der Waals surface area contributed by atoms with E-state index in [0.717, 1.165) is 65.6 Å². The molecule has 122 heavy (non-hydrogen) atoms. The van der Waals surface area contributed by atoms with E-state index in [9.17, 15) is 99.0 Å². The van der Waals surface area contributed by atoms with Crippen molar-refractivity contribution in [1.29, 1.82) is 0 Å². The number of ether oxygens (including phenoxy) is 5. The van der Waals surface area contributed by atoms with Crippen LogP contribution in [-0.4, -0.2) is 319 Å². The number of nitrogens with one attached hydrogen (secondary N) is 5. The minimum absolute atomic E-state index is 0.282. The standard InChI is InChI=1S/C17H29N2O5P.C17H27N2O5P.2C16H27N2O5P.C16H25N2O5P/c2*1-5-6-7-11-10-19(17(23)18-15(11)22)16-14(21)13(20)12(24-16)8-9-25(2,3)4;3*1-5-6-10-9-18(16(22)17-14(10)21)15-13(20)12(19)11(23-15)7-8-24(2,3)4/h10,12-14,16,20-21H,2,5-9H2,1,3-4H3,(H,18,22,23);5,10,12-14,16,20-21H,1-2,6-9H2,3-4H3,(H,18,22,23);2*9,11-13,15,19-20H,2,5-8H2,1,3-4H3,(H,17,21,22);5,9,11-13,15,19-20H,1-2,6-8H2,3-4H3,(H,17,21,22)/t2*12-,13-,14-,16-;3*11-,12-,13-,15-/m11111/s1. The summed E-state index contributed by atoms with van der Waals surface area (Å²) in [6.45, 7) is 27.5. The van der Waals surface area contributed by atoms with Crippen LogP contribution in [0.15, 0.2) is 104 Å². The van der Waals surface area contributed by atoms with Crippen molar-refractivity contribution in [2.45, 2.75) is 240 Å². The van der Waals surface area contributed by atoms with Gasteiger partial charge in [-0.2, -0.15) is 0 Å². The Morgan fingerprint density at radius 1 is 0.311 bits per heavy atom. The lowest BCUT2D eigenvalue weighted by molar-refractivity contribution is -0.0404. The van der Waals surface area contributed by atoms with Gasteiger partial charge in [0.15, 0.2) is 31.1 Å². The molecular weight excluding hydrogens is 1680 g/mol. The molecule has 5 fully saturated rings. The fraction of sp³-hybridized carbons (Fsp3) is 0.646. The summed E-state index contributed by atoms with van der Waals surface area (Å²) in [6.07, 6.45) is 24.4. The Bertz CT molecular complexity index is 5120. The smallest absolute Gasteiger partial charge is 0.330 e. The predicted molar refractivity (Wildman–Crippen MR) is 492 cm³/mol. The van der Waals surface area contributed by atoms with Gasteiger partial charge in [-0.25, -0.2) is 24.0 Å². The van der Waals surface area contributed by atoms with Crippen molar-refractivity contribution in [3.8, 4) is 0 Å². The molecule has 20 atom stereocenters. The Labute approximate surface area is 710 Å². The number of rotatable bonds is 32. The molecule has 0 aliphatic carbocycles. The molecule has 0 aromatic carbocycles. The molecule has 5 aliphatic heterocycles. The molecule has 0 radical (unpaired) electrons. The van der Waals surface area contributed by atoms with Gasteiger partial charge in [0.1, 0.15) is 61.0 Å². The highest BCUT2D eigenvalue weighted by molar-refractivity contribution is 7.73. The number of H-pyrrole nitrogens is 5. The van der Waals surface area contributed by atoms with Crippen LogP contribution >= 0.6 is 34.4 Å². The van der Waals surface area contributed by atoms with Crippen LogP contribution in [-0.2, 0) is 55.8 Å². The maximum atomic E-state index is 12.2. The maximum absolute atomic E-state index is 12.2. The summed E-state index contributed by atoms with van der Waals surface area (Å²) in [5, 5.41) is 103. The van der Waals surface area contributed by atoms with E-state index < -0.39 is 213 Å². The second kappa shape index (κ2) is 45.5. The second-order valence-electron chi connectivity index (χ2n) is 35.5. The van der Waals surface area contributed by atoms with Crippen LogP contribution in [0, 0.1) is 0 Å². The first-order valence-corrected chi connectivity index (χ1v) is 56.3. The third-order valence-electron chi connectivity index (χ3n) is 21.2. The van der Waals surface area contributed by atoms with Gasteiger partial charge in [-0.15, -0.1) is 79.1 Å². The Kier molecular flexibility index (Phi) is 39.0. The molecule has 15 N–H and O–H groups in total. The van der Waals surface area contributed by atoms with Crippen LogP contribution in [0.3, 0.4) is 0 Å². The minimum atomic E-state index is -1.29. The van der Waals surface area contributed by atoms with Gasteiger partial charge in [0.25, 0.3) is 27.8 Å². The summed E-state index contributed by atoms with van der Waals surface area (Å²) < 4.78 is 34.6. The molecule has 5 saturated heterocycles. The SMILES string of the molecule is C=CCCc1cn([C@@H]2O[C@H](CCP(=C)(C)C)[C@@H](O)[C@H]2O)c(=O)[nH]c1=O.C=CCc1cn([C@@H]2O[C@H](CCP(=C)(C)C)[C@@H](O)[C@H]2O)c(=O)[nH]c1=O.C=P(C)(C)CC[C@H]1O[C@@H](n2cc(CCC)c(=O)[nH]c2=O)[C@H](O)[C@@H]1O.C=P(C)(C)CC[C@H]1O[C@@H](n2cc(CCC)c(=O)[nH]c2=O)[C@H](O)[C@@H]1O.C=P(C)(C)CC[C@H]1O[C@@H](n2cc(CCCC)c(=O)[nH]c2=O)[C@H](O)[C@@H]1O. The zero-order valence-corrected chi connectivity index (χ0v) is 77.2. The number of aromatic amines is 5. The molecule has 35 nitrogen and oxygen atoms in total. The first kappa shape index (κ1) is 105. The van der Waals surface area contributed by atoms with Gasteiger partial charge in [-0.1, -0.05) is 52.2 Å². The van der Waals surface area contributed by atoms with Crippen molar-refractivity contribution >= 4 is 65.9 Å². The molecule has 5 aliphatic rings. The number of aliphatic hydroxyl groups excluding tert-OH is 10. The van der Waals surface area contributed by atoms with Gasteiger partial charge in [-0.3, -0.25) is 71.7 Å². The number of aryl methyl sites for hydroxylation is 4. The zero-order valence-electron chi connectivity index (χ0n) is 72.7. The van der Waals surface area contributed by atoms with E-state index in [4.69, 9.17) is 23.7 Å². The molecule has 0 spiro atoms. The lowest BCUT2D eigenvalue weighted by atomic mass is 10.1. The average Bonchev–Trinajstić information content (AvgIpc) is 1.65. The fourth-order valence-electron chi connectivity index (χ4n) is 14.1. The summed E-state index contributed by atoms with van der Waals surface area (Å²) in [4.78, 5) is 131. The lowest BCUT2D eigenvalue weighted by Gasteiger charge is -2.19. The predicted octanol–water partition coefficient (Wildman–Crippen LogP) is 1.37. The summed E-state index contributed by atoms with van der Waals surface area (Å²) in [5.41, 5.74) is -3.41. The molecule has 40 heteroatoms. The van der Waals surface area contributed by atoms with Crippen LogP contribution in [0.2, 0.25) is 0 Å². The minimum Gasteiger partial charge on any atom is -0.388 e. The van der Waals surface area contributed by atoms with Gasteiger partial charge in [-0.05, 0) is 175 Å². The Balaban J connectivity index is 0.000000236. The number of aliphatic hydroxyl groups is 10. The molecule has 10 heterocycles. The monoisotopic (exact) mass is 1810 g/mol. The van der Waals surface area contributed by atoms with E-state index in [1.807, 2.05) is 20.8 Å². The number of unbranched alkanes of at least 4 members (excludes halogenated alkanes) is 1. The largest absolute Gasteiger partial charge is 0.388 e. The molecule has 0 amide bonds. The molecule has 10 rings (SSSR count). The van der Waals surface area contributed by atoms with Crippen LogP contribution in [0.25, 0.3) is 0 Å². The highest BCUT2D eigenvalue weighted by atomic mass is 31.2. The van der Waals surface area contributed by atoms with Crippen molar-refractivity contribution in [1.82, 2.24) is 47.8 Å². The van der Waals surface area contributed by atoms with Crippen molar-refractivity contribution in [3.63, 3.8) is 0 Å². The van der Waals surface area contributed by atoms with Gasteiger partial charge in [0.05, 0.1) is 30.5 Å². The lowest BCUT2D eigenvalue weighted by Crippen LogP contribution is -2.38. The van der Waals surface area contributed by atoms with E-state index in [2.05, 4.69) is 136 Å². The summed E-state index contributed by atoms with van der Waals surface area (Å²) >= 11 is 0. The second-order valence-corrected chi connectivity index (χ2v) is 57.1.